The molecule has 6 heteroatoms. The second-order valence-electron chi connectivity index (χ2n) is 4.89. The molecule has 1 aromatic rings. The first-order chi connectivity index (χ1) is 9.61. The molecule has 6 nitrogen and oxygen atoms in total. The summed E-state index contributed by atoms with van der Waals surface area (Å²) in [6, 6.07) is 4.30. The molecule has 2 aliphatic heterocycles. The molecule has 3 amide bonds. The molecule has 0 saturated carbocycles. The van der Waals surface area contributed by atoms with E-state index in [1.165, 1.54) is 4.90 Å². The van der Waals surface area contributed by atoms with Crippen molar-refractivity contribution in [3.8, 4) is 0 Å². The van der Waals surface area contributed by atoms with Crippen molar-refractivity contribution in [3.63, 3.8) is 0 Å². The van der Waals surface area contributed by atoms with Crippen LogP contribution in [-0.2, 0) is 16.1 Å². The largest absolute Gasteiger partial charge is 0.322 e. The summed E-state index contributed by atoms with van der Waals surface area (Å²) in [5, 5.41) is 2.24. The maximum Gasteiger partial charge on any atom is 0.255 e. The molecule has 1 saturated heterocycles. The van der Waals surface area contributed by atoms with Crippen LogP contribution in [0.2, 0.25) is 0 Å². The molecule has 1 unspecified atom stereocenters. The average molecular weight is 272 g/mol. The van der Waals surface area contributed by atoms with E-state index in [0.29, 0.717) is 29.4 Å². The molecule has 1 N–H and O–H groups in total. The second-order valence-corrected chi connectivity index (χ2v) is 4.89. The molecule has 0 bridgehead atoms. The number of imide groups is 1. The smallest absolute Gasteiger partial charge is 0.255 e. The van der Waals surface area contributed by atoms with Gasteiger partial charge in [0, 0.05) is 24.1 Å². The van der Waals surface area contributed by atoms with E-state index in [4.69, 9.17) is 0 Å². The van der Waals surface area contributed by atoms with Crippen LogP contribution in [0.5, 0.6) is 0 Å². The number of hydrogen-bond donors (Lipinski definition) is 1. The Kier molecular flexibility index (Phi) is 2.85. The third-order valence-electron chi connectivity index (χ3n) is 3.75. The van der Waals surface area contributed by atoms with Crippen molar-refractivity contribution in [2.45, 2.75) is 25.4 Å². The molecule has 3 rings (SSSR count). The van der Waals surface area contributed by atoms with Crippen molar-refractivity contribution in [2.24, 2.45) is 0 Å². The van der Waals surface area contributed by atoms with Gasteiger partial charge in [-0.15, -0.1) is 0 Å². The summed E-state index contributed by atoms with van der Waals surface area (Å²) in [5.74, 6) is -1.03. The van der Waals surface area contributed by atoms with Crippen LogP contribution in [0.25, 0.3) is 0 Å². The Morgan fingerprint density at radius 3 is 2.75 bits per heavy atom. The Morgan fingerprint density at radius 1 is 1.25 bits per heavy atom. The van der Waals surface area contributed by atoms with Crippen molar-refractivity contribution in [1.29, 1.82) is 0 Å². The molecule has 1 atom stereocenters. The topological polar surface area (TPSA) is 83.6 Å². The number of piperidine rings is 1. The molecule has 2 aliphatic rings. The highest BCUT2D eigenvalue weighted by molar-refractivity contribution is 6.06. The first-order valence-corrected chi connectivity index (χ1v) is 6.33. The predicted molar refractivity (Wildman–Crippen MR) is 67.9 cm³/mol. The Balaban J connectivity index is 1.92. The van der Waals surface area contributed by atoms with Gasteiger partial charge >= 0.3 is 0 Å². The number of aldehydes is 1. The van der Waals surface area contributed by atoms with Crippen LogP contribution in [0.15, 0.2) is 18.2 Å². The van der Waals surface area contributed by atoms with Crippen molar-refractivity contribution in [2.75, 3.05) is 0 Å². The minimum Gasteiger partial charge on any atom is -0.322 e. The average Bonchev–Trinajstić information content (AvgIpc) is 2.76. The Bertz CT molecular complexity index is 638. The van der Waals surface area contributed by atoms with Gasteiger partial charge in [-0.05, 0) is 18.1 Å². The van der Waals surface area contributed by atoms with E-state index < -0.39 is 11.9 Å². The summed E-state index contributed by atoms with van der Waals surface area (Å²) in [7, 11) is 0. The monoisotopic (exact) mass is 272 g/mol. The fraction of sp³-hybridized carbons (Fsp3) is 0.286. The van der Waals surface area contributed by atoms with Gasteiger partial charge in [0.05, 0.1) is 0 Å². The summed E-state index contributed by atoms with van der Waals surface area (Å²) in [6.45, 7) is 0.232. The van der Waals surface area contributed by atoms with Crippen molar-refractivity contribution in [3.05, 3.63) is 34.9 Å². The standard InChI is InChI=1S/C14H12N2O4/c17-7-8-2-1-3-9-10(8)6-16(14(9)20)11-4-5-12(18)15-13(11)19/h1-3,7,11H,4-6H2,(H,15,18,19). The first kappa shape index (κ1) is 12.5. The molecule has 1 fully saturated rings. The van der Waals surface area contributed by atoms with Crippen molar-refractivity contribution < 1.29 is 19.2 Å². The highest BCUT2D eigenvalue weighted by Gasteiger charge is 2.39. The van der Waals surface area contributed by atoms with Gasteiger partial charge in [0.2, 0.25) is 11.8 Å². The second kappa shape index (κ2) is 4.56. The lowest BCUT2D eigenvalue weighted by Gasteiger charge is -2.29. The minimum atomic E-state index is -0.646. The fourth-order valence-electron chi connectivity index (χ4n) is 2.72. The highest BCUT2D eigenvalue weighted by atomic mass is 16.2. The fourth-order valence-corrected chi connectivity index (χ4v) is 2.72. The molecular weight excluding hydrogens is 260 g/mol. The van der Waals surface area contributed by atoms with Crippen LogP contribution in [0.4, 0.5) is 0 Å². The van der Waals surface area contributed by atoms with Crippen LogP contribution in [0.3, 0.4) is 0 Å². The van der Waals surface area contributed by atoms with Gasteiger partial charge < -0.3 is 4.90 Å². The lowest BCUT2D eigenvalue weighted by molar-refractivity contribution is -0.136. The number of nitrogens with one attached hydrogen (secondary N) is 1. The third kappa shape index (κ3) is 1.80. The molecule has 2 heterocycles. The number of fused-ring (bicyclic) bond motifs is 1. The van der Waals surface area contributed by atoms with Gasteiger partial charge in [0.25, 0.3) is 5.91 Å². The Hall–Kier alpha value is -2.50. The number of carbonyl (C=O) groups excluding carboxylic acids is 4. The van der Waals surface area contributed by atoms with Crippen LogP contribution < -0.4 is 5.32 Å². The minimum absolute atomic E-state index is 0.219. The lowest BCUT2D eigenvalue weighted by Crippen LogP contribution is -2.52. The maximum absolute atomic E-state index is 12.3. The summed E-state index contributed by atoms with van der Waals surface area (Å²) >= 11 is 0. The SMILES string of the molecule is O=Cc1cccc2c1CN(C1CCC(=O)NC1=O)C2=O. The Morgan fingerprint density at radius 2 is 2.05 bits per heavy atom. The number of benzene rings is 1. The summed E-state index contributed by atoms with van der Waals surface area (Å²) in [4.78, 5) is 47.8. The summed E-state index contributed by atoms with van der Waals surface area (Å²) in [6.07, 6.45) is 1.25. The zero-order valence-corrected chi connectivity index (χ0v) is 10.6. The quantitative estimate of drug-likeness (QED) is 0.618. The number of carbonyl (C=O) groups is 4. The van der Waals surface area contributed by atoms with E-state index in [2.05, 4.69) is 5.32 Å². The van der Waals surface area contributed by atoms with E-state index in [1.54, 1.807) is 18.2 Å². The van der Waals surface area contributed by atoms with E-state index >= 15 is 0 Å². The summed E-state index contributed by atoms with van der Waals surface area (Å²) < 4.78 is 0. The third-order valence-corrected chi connectivity index (χ3v) is 3.75. The number of nitrogens with zero attached hydrogens (tertiary/aromatic N) is 1. The Labute approximate surface area is 114 Å². The molecule has 20 heavy (non-hydrogen) atoms. The predicted octanol–water partition coefficient (Wildman–Crippen LogP) is 0.260. The van der Waals surface area contributed by atoms with Gasteiger partial charge in [-0.3, -0.25) is 24.5 Å². The maximum atomic E-state index is 12.3. The van der Waals surface area contributed by atoms with Gasteiger partial charge in [-0.2, -0.15) is 0 Å². The van der Waals surface area contributed by atoms with E-state index in [0.717, 1.165) is 0 Å². The number of rotatable bonds is 2. The normalized spacial score (nSPS) is 21.7. The number of hydrogen-bond acceptors (Lipinski definition) is 4. The zero-order chi connectivity index (χ0) is 14.3. The molecule has 102 valence electrons. The molecule has 0 aromatic heterocycles. The van der Waals surface area contributed by atoms with E-state index in [9.17, 15) is 19.2 Å². The number of amides is 3. The van der Waals surface area contributed by atoms with Gasteiger partial charge in [-0.25, -0.2) is 0 Å². The van der Waals surface area contributed by atoms with Gasteiger partial charge in [0.1, 0.15) is 12.3 Å². The highest BCUT2D eigenvalue weighted by Crippen LogP contribution is 2.28. The van der Waals surface area contributed by atoms with E-state index in [1.807, 2.05) is 0 Å². The first-order valence-electron chi connectivity index (χ1n) is 6.33. The van der Waals surface area contributed by atoms with Crippen molar-refractivity contribution in [1.82, 2.24) is 10.2 Å². The van der Waals surface area contributed by atoms with Crippen molar-refractivity contribution >= 4 is 24.0 Å². The van der Waals surface area contributed by atoms with Gasteiger partial charge in [-0.1, -0.05) is 12.1 Å². The molecule has 0 aliphatic carbocycles. The molecule has 0 radical (unpaired) electrons. The van der Waals surface area contributed by atoms with Crippen LogP contribution in [0.1, 0.15) is 39.1 Å². The molecular formula is C14H12N2O4. The molecule has 0 spiro atoms. The summed E-state index contributed by atoms with van der Waals surface area (Å²) in [5.41, 5.74) is 1.57. The molecule has 1 aromatic carbocycles. The van der Waals surface area contributed by atoms with Gasteiger partial charge in [0.15, 0.2) is 0 Å². The van der Waals surface area contributed by atoms with Crippen LogP contribution >= 0.6 is 0 Å². The van der Waals surface area contributed by atoms with E-state index in [-0.39, 0.29) is 24.8 Å². The lowest BCUT2D eigenvalue weighted by atomic mass is 10.0. The van der Waals surface area contributed by atoms with Crippen LogP contribution in [-0.4, -0.2) is 34.9 Å². The van der Waals surface area contributed by atoms with Crippen LogP contribution in [0, 0.1) is 0 Å². The zero-order valence-electron chi connectivity index (χ0n) is 10.6.